The number of benzene rings is 3. The van der Waals surface area contributed by atoms with Crippen LogP contribution in [-0.2, 0) is 16.1 Å². The van der Waals surface area contributed by atoms with E-state index in [0.29, 0.717) is 11.3 Å². The lowest BCUT2D eigenvalue weighted by atomic mass is 10.1. The molecule has 1 unspecified atom stereocenters. The molecule has 0 aliphatic carbocycles. The zero-order valence-electron chi connectivity index (χ0n) is 20.8. The summed E-state index contributed by atoms with van der Waals surface area (Å²) >= 11 is 0. The average Bonchev–Trinajstić information content (AvgIpc) is 3.39. The summed E-state index contributed by atoms with van der Waals surface area (Å²) in [7, 11) is 0. The van der Waals surface area contributed by atoms with Crippen molar-refractivity contribution >= 4 is 39.4 Å². The first-order valence-electron chi connectivity index (χ1n) is 12.0. The number of hydrogen-bond donors (Lipinski definition) is 2. The van der Waals surface area contributed by atoms with Gasteiger partial charge in [0.15, 0.2) is 6.10 Å². The van der Waals surface area contributed by atoms with E-state index in [2.05, 4.69) is 38.9 Å². The maximum atomic E-state index is 12.8. The Morgan fingerprint density at radius 3 is 2.42 bits per heavy atom. The fourth-order valence-corrected chi connectivity index (χ4v) is 4.45. The van der Waals surface area contributed by atoms with Crippen molar-refractivity contribution in [2.24, 2.45) is 0 Å². The van der Waals surface area contributed by atoms with Gasteiger partial charge in [-0.25, -0.2) is 9.78 Å². The Labute approximate surface area is 209 Å². The smallest absolute Gasteiger partial charge is 0.338 e. The molecule has 5 rings (SSSR count). The maximum Gasteiger partial charge on any atom is 0.338 e. The molecule has 2 N–H and O–H groups in total. The molecule has 0 radical (unpaired) electrons. The van der Waals surface area contributed by atoms with Crippen LogP contribution in [-0.4, -0.2) is 32.5 Å². The van der Waals surface area contributed by atoms with Crippen molar-refractivity contribution in [2.45, 2.75) is 40.3 Å². The van der Waals surface area contributed by atoms with Gasteiger partial charge < -0.3 is 19.6 Å². The molecule has 2 aromatic heterocycles. The summed E-state index contributed by atoms with van der Waals surface area (Å²) in [5.41, 5.74) is 6.10. The average molecular weight is 481 g/mol. The van der Waals surface area contributed by atoms with Crippen LogP contribution in [0.1, 0.15) is 35.6 Å². The van der Waals surface area contributed by atoms with E-state index < -0.39 is 12.1 Å². The quantitative estimate of drug-likeness (QED) is 0.292. The van der Waals surface area contributed by atoms with E-state index in [0.717, 1.165) is 51.1 Å². The molecule has 36 heavy (non-hydrogen) atoms. The monoisotopic (exact) mass is 480 g/mol. The number of nitrogens with one attached hydrogen (secondary N) is 2. The lowest BCUT2D eigenvalue weighted by Gasteiger charge is -2.14. The first-order valence-corrected chi connectivity index (χ1v) is 12.0. The number of H-pyrrole nitrogens is 1. The number of aromatic amines is 1. The number of nitrogens with zero attached hydrogens (tertiary/aromatic N) is 2. The molecule has 0 saturated heterocycles. The first-order chi connectivity index (χ1) is 17.4. The van der Waals surface area contributed by atoms with E-state index in [1.54, 1.807) is 31.2 Å². The molecular formula is C29H28N4O3. The molecule has 0 bridgehead atoms. The van der Waals surface area contributed by atoms with Gasteiger partial charge in [0.25, 0.3) is 5.91 Å². The minimum Gasteiger partial charge on any atom is -0.449 e. The Kier molecular flexibility index (Phi) is 6.06. The number of carbonyl (C=O) groups excluding carboxylic acids is 2. The summed E-state index contributed by atoms with van der Waals surface area (Å²) in [6, 6.07) is 21.0. The SMILES string of the molecule is CCn1c2ccccc2c2cc(NC(=O)C(C)OC(=O)c3ccc(-c4nc(C)c(C)[nH]4)cc3)ccc21. The predicted octanol–water partition coefficient (Wildman–Crippen LogP) is 6.01. The van der Waals surface area contributed by atoms with E-state index in [1.807, 2.05) is 44.2 Å². The molecule has 2 heterocycles. The van der Waals surface area contributed by atoms with Crippen LogP contribution >= 0.6 is 0 Å². The Hall–Kier alpha value is -4.39. The third kappa shape index (κ3) is 4.24. The number of ether oxygens (including phenoxy) is 1. The first kappa shape index (κ1) is 23.4. The highest BCUT2D eigenvalue weighted by Crippen LogP contribution is 2.31. The van der Waals surface area contributed by atoms with Crippen molar-refractivity contribution in [3.8, 4) is 11.4 Å². The molecule has 3 aromatic carbocycles. The van der Waals surface area contributed by atoms with Crippen molar-refractivity contribution in [1.82, 2.24) is 14.5 Å². The minimum absolute atomic E-state index is 0.368. The van der Waals surface area contributed by atoms with Crippen LogP contribution in [0.4, 0.5) is 5.69 Å². The second-order valence-electron chi connectivity index (χ2n) is 8.90. The molecule has 7 nitrogen and oxygen atoms in total. The fourth-order valence-electron chi connectivity index (χ4n) is 4.45. The number of esters is 1. The third-order valence-corrected chi connectivity index (χ3v) is 6.53. The summed E-state index contributed by atoms with van der Waals surface area (Å²) in [5.74, 6) is -0.200. The van der Waals surface area contributed by atoms with Gasteiger partial charge in [0.1, 0.15) is 5.82 Å². The number of aryl methyl sites for hydroxylation is 3. The number of rotatable bonds is 6. The molecule has 0 saturated carbocycles. The van der Waals surface area contributed by atoms with Crippen molar-refractivity contribution in [3.63, 3.8) is 0 Å². The number of para-hydroxylation sites is 1. The summed E-state index contributed by atoms with van der Waals surface area (Å²) in [6.45, 7) is 8.44. The molecular weight excluding hydrogens is 452 g/mol. The van der Waals surface area contributed by atoms with Crippen molar-refractivity contribution in [3.05, 3.63) is 83.7 Å². The van der Waals surface area contributed by atoms with E-state index in [1.165, 1.54) is 0 Å². The topological polar surface area (TPSA) is 89.0 Å². The number of aromatic nitrogens is 3. The van der Waals surface area contributed by atoms with Crippen LogP contribution in [0.5, 0.6) is 0 Å². The van der Waals surface area contributed by atoms with Crippen molar-refractivity contribution in [2.75, 3.05) is 5.32 Å². The standard InChI is InChI=1S/C29H28N4O3/c1-5-33-25-9-7-6-8-23(25)24-16-22(14-15-26(24)33)32-28(34)19(4)36-29(35)21-12-10-20(11-13-21)27-30-17(2)18(3)31-27/h6-16,19H,5H2,1-4H3,(H,30,31)(H,32,34). The lowest BCUT2D eigenvalue weighted by molar-refractivity contribution is -0.123. The molecule has 7 heteroatoms. The number of anilines is 1. The van der Waals surface area contributed by atoms with E-state index in [-0.39, 0.29) is 5.91 Å². The highest BCUT2D eigenvalue weighted by atomic mass is 16.5. The minimum atomic E-state index is -0.958. The number of hydrogen-bond acceptors (Lipinski definition) is 4. The van der Waals surface area contributed by atoms with Gasteiger partial charge in [-0.05, 0) is 64.1 Å². The fraction of sp³-hybridized carbons (Fsp3) is 0.207. The van der Waals surface area contributed by atoms with Gasteiger partial charge in [-0.2, -0.15) is 0 Å². The van der Waals surface area contributed by atoms with E-state index >= 15 is 0 Å². The largest absolute Gasteiger partial charge is 0.449 e. The number of carbonyl (C=O) groups is 2. The second kappa shape index (κ2) is 9.34. The van der Waals surface area contributed by atoms with Crippen molar-refractivity contribution < 1.29 is 14.3 Å². The molecule has 0 spiro atoms. The zero-order chi connectivity index (χ0) is 25.4. The molecule has 1 atom stereocenters. The summed E-state index contributed by atoms with van der Waals surface area (Å²) in [4.78, 5) is 33.2. The van der Waals surface area contributed by atoms with Crippen LogP contribution in [0.2, 0.25) is 0 Å². The molecule has 0 aliphatic heterocycles. The molecule has 0 fully saturated rings. The Morgan fingerprint density at radius 2 is 1.72 bits per heavy atom. The number of imidazole rings is 1. The highest BCUT2D eigenvalue weighted by Gasteiger charge is 2.20. The Balaban J connectivity index is 1.28. The summed E-state index contributed by atoms with van der Waals surface area (Å²) in [5, 5.41) is 5.08. The van der Waals surface area contributed by atoms with Crippen LogP contribution in [0.3, 0.4) is 0 Å². The number of amides is 1. The van der Waals surface area contributed by atoms with Crippen LogP contribution in [0.15, 0.2) is 66.7 Å². The molecule has 1 amide bonds. The van der Waals surface area contributed by atoms with Gasteiger partial charge in [0, 0.05) is 45.3 Å². The Bertz CT molecular complexity index is 1580. The maximum absolute atomic E-state index is 12.8. The molecule has 182 valence electrons. The van der Waals surface area contributed by atoms with Gasteiger partial charge in [0.05, 0.1) is 11.3 Å². The van der Waals surface area contributed by atoms with Crippen LogP contribution in [0, 0.1) is 13.8 Å². The van der Waals surface area contributed by atoms with Gasteiger partial charge >= 0.3 is 5.97 Å². The van der Waals surface area contributed by atoms with Crippen LogP contribution < -0.4 is 5.32 Å². The van der Waals surface area contributed by atoms with Gasteiger partial charge in [-0.3, -0.25) is 4.79 Å². The molecule has 5 aromatic rings. The van der Waals surface area contributed by atoms with Crippen LogP contribution in [0.25, 0.3) is 33.2 Å². The normalized spacial score (nSPS) is 12.1. The number of fused-ring (bicyclic) bond motifs is 3. The van der Waals surface area contributed by atoms with Gasteiger partial charge in [-0.15, -0.1) is 0 Å². The highest BCUT2D eigenvalue weighted by molar-refractivity contribution is 6.10. The van der Waals surface area contributed by atoms with E-state index in [9.17, 15) is 9.59 Å². The van der Waals surface area contributed by atoms with E-state index in [4.69, 9.17) is 4.74 Å². The Morgan fingerprint density at radius 1 is 1.00 bits per heavy atom. The summed E-state index contributed by atoms with van der Waals surface area (Å²) < 4.78 is 7.69. The summed E-state index contributed by atoms with van der Waals surface area (Å²) in [6.07, 6.45) is -0.958. The zero-order valence-corrected chi connectivity index (χ0v) is 20.8. The second-order valence-corrected chi connectivity index (χ2v) is 8.90. The van der Waals surface area contributed by atoms with Gasteiger partial charge in [0.2, 0.25) is 0 Å². The molecule has 0 aliphatic rings. The predicted molar refractivity (Wildman–Crippen MR) is 142 cm³/mol. The third-order valence-electron chi connectivity index (χ3n) is 6.53. The van der Waals surface area contributed by atoms with Gasteiger partial charge in [-0.1, -0.05) is 30.3 Å². The van der Waals surface area contributed by atoms with Crippen molar-refractivity contribution in [1.29, 1.82) is 0 Å². The lowest BCUT2D eigenvalue weighted by Crippen LogP contribution is -2.30.